The normalized spacial score (nSPS) is 10.1. The summed E-state index contributed by atoms with van der Waals surface area (Å²) < 4.78 is 0. The number of hydrogen-bond acceptors (Lipinski definition) is 4. The van der Waals surface area contributed by atoms with E-state index in [4.69, 9.17) is 0 Å². The van der Waals surface area contributed by atoms with Crippen LogP contribution >= 0.6 is 11.3 Å². The van der Waals surface area contributed by atoms with Crippen molar-refractivity contribution in [1.29, 1.82) is 0 Å². The molecule has 0 saturated heterocycles. The monoisotopic (exact) mass is 204 g/mol. The van der Waals surface area contributed by atoms with E-state index in [0.717, 1.165) is 9.75 Å². The predicted octanol–water partition coefficient (Wildman–Crippen LogP) is 2.08. The van der Waals surface area contributed by atoms with Gasteiger partial charge in [0.25, 0.3) is 0 Å². The molecule has 14 heavy (non-hydrogen) atoms. The molecule has 3 nitrogen and oxygen atoms in total. The first-order valence-electron chi connectivity index (χ1n) is 4.15. The van der Waals surface area contributed by atoms with E-state index in [9.17, 15) is 4.79 Å². The Kier molecular flexibility index (Phi) is 2.37. The molecule has 0 bridgehead atoms. The van der Waals surface area contributed by atoms with E-state index < -0.39 is 0 Å². The van der Waals surface area contributed by atoms with Crippen LogP contribution < -0.4 is 0 Å². The second kappa shape index (κ2) is 3.67. The van der Waals surface area contributed by atoms with Crippen molar-refractivity contribution >= 4 is 17.1 Å². The summed E-state index contributed by atoms with van der Waals surface area (Å²) in [6, 6.07) is 5.44. The molecule has 4 heteroatoms. The van der Waals surface area contributed by atoms with Gasteiger partial charge < -0.3 is 0 Å². The second-order valence-electron chi connectivity index (χ2n) is 2.87. The molecule has 0 aliphatic carbocycles. The first-order valence-corrected chi connectivity index (χ1v) is 4.97. The molecule has 0 N–H and O–H groups in total. The molecular weight excluding hydrogens is 196 g/mol. The van der Waals surface area contributed by atoms with Crippen LogP contribution in [-0.2, 0) is 0 Å². The highest BCUT2D eigenvalue weighted by atomic mass is 32.1. The average Bonchev–Trinajstić information content (AvgIpc) is 2.65. The van der Waals surface area contributed by atoms with Crippen LogP contribution in [0, 0.1) is 6.92 Å². The van der Waals surface area contributed by atoms with Gasteiger partial charge in [-0.2, -0.15) is 10.2 Å². The van der Waals surface area contributed by atoms with Crippen LogP contribution in [-0.4, -0.2) is 16.0 Å². The Balaban J connectivity index is 2.34. The van der Waals surface area contributed by atoms with Gasteiger partial charge in [0.15, 0.2) is 0 Å². The average molecular weight is 204 g/mol. The SMILES string of the molecule is Cc1ccc(C(=O)c2ccnnc2)s1. The summed E-state index contributed by atoms with van der Waals surface area (Å²) in [6.07, 6.45) is 3.01. The van der Waals surface area contributed by atoms with Gasteiger partial charge in [0.05, 0.1) is 17.3 Å². The van der Waals surface area contributed by atoms with Crippen LogP contribution in [0.2, 0.25) is 0 Å². The molecule has 0 fully saturated rings. The van der Waals surface area contributed by atoms with Gasteiger partial charge in [-0.05, 0) is 25.1 Å². The van der Waals surface area contributed by atoms with Crippen molar-refractivity contribution in [3.63, 3.8) is 0 Å². The number of nitrogens with zero attached hydrogens (tertiary/aromatic N) is 2. The van der Waals surface area contributed by atoms with E-state index in [1.54, 1.807) is 6.07 Å². The minimum absolute atomic E-state index is 0.0120. The quantitative estimate of drug-likeness (QED) is 0.703. The molecule has 2 aromatic rings. The summed E-state index contributed by atoms with van der Waals surface area (Å²) in [5, 5.41) is 7.30. The highest BCUT2D eigenvalue weighted by Gasteiger charge is 2.10. The van der Waals surface area contributed by atoms with E-state index in [-0.39, 0.29) is 5.78 Å². The summed E-state index contributed by atoms with van der Waals surface area (Å²) >= 11 is 1.49. The van der Waals surface area contributed by atoms with E-state index in [1.807, 2.05) is 19.1 Å². The van der Waals surface area contributed by atoms with Gasteiger partial charge in [0.2, 0.25) is 5.78 Å². The molecule has 0 radical (unpaired) electrons. The van der Waals surface area contributed by atoms with Crippen molar-refractivity contribution in [2.24, 2.45) is 0 Å². The lowest BCUT2D eigenvalue weighted by atomic mass is 10.2. The molecule has 2 aromatic heterocycles. The van der Waals surface area contributed by atoms with Crippen LogP contribution in [0.5, 0.6) is 0 Å². The van der Waals surface area contributed by atoms with Crippen LogP contribution in [0.4, 0.5) is 0 Å². The number of rotatable bonds is 2. The maximum absolute atomic E-state index is 11.8. The number of hydrogen-bond donors (Lipinski definition) is 0. The lowest BCUT2D eigenvalue weighted by Crippen LogP contribution is -1.99. The molecule has 0 spiro atoms. The van der Waals surface area contributed by atoms with E-state index in [0.29, 0.717) is 5.56 Å². The molecule has 0 aromatic carbocycles. The fraction of sp³-hybridized carbons (Fsp3) is 0.100. The summed E-state index contributed by atoms with van der Waals surface area (Å²) in [5.41, 5.74) is 0.585. The smallest absolute Gasteiger partial charge is 0.204 e. The number of ketones is 1. The first-order chi connectivity index (χ1) is 6.77. The number of aryl methyl sites for hydroxylation is 1. The van der Waals surface area contributed by atoms with Crippen LogP contribution in [0.3, 0.4) is 0 Å². The molecule has 0 saturated carbocycles. The zero-order chi connectivity index (χ0) is 9.97. The Hall–Kier alpha value is -1.55. The standard InChI is InChI=1S/C10H8N2OS/c1-7-2-3-9(14-7)10(13)8-4-5-11-12-6-8/h2-6H,1H3. The second-order valence-corrected chi connectivity index (χ2v) is 4.16. The highest BCUT2D eigenvalue weighted by Crippen LogP contribution is 2.18. The number of aromatic nitrogens is 2. The van der Waals surface area contributed by atoms with E-state index >= 15 is 0 Å². The van der Waals surface area contributed by atoms with E-state index in [2.05, 4.69) is 10.2 Å². The maximum atomic E-state index is 11.8. The Bertz CT molecular complexity index is 450. The zero-order valence-corrected chi connectivity index (χ0v) is 8.41. The van der Waals surface area contributed by atoms with Gasteiger partial charge >= 0.3 is 0 Å². The molecule has 0 atom stereocenters. The molecule has 2 heterocycles. The van der Waals surface area contributed by atoms with Gasteiger partial charge in [0, 0.05) is 10.4 Å². The van der Waals surface area contributed by atoms with Crippen molar-refractivity contribution in [1.82, 2.24) is 10.2 Å². The molecule has 70 valence electrons. The van der Waals surface area contributed by atoms with Gasteiger partial charge in [-0.3, -0.25) is 4.79 Å². The van der Waals surface area contributed by atoms with Crippen molar-refractivity contribution in [2.45, 2.75) is 6.92 Å². The van der Waals surface area contributed by atoms with Gasteiger partial charge in [-0.25, -0.2) is 0 Å². The lowest BCUT2D eigenvalue weighted by Gasteiger charge is -1.94. The van der Waals surface area contributed by atoms with Crippen molar-refractivity contribution in [3.05, 3.63) is 45.9 Å². The van der Waals surface area contributed by atoms with Crippen molar-refractivity contribution in [3.8, 4) is 0 Å². The third-order valence-corrected chi connectivity index (χ3v) is 2.81. The van der Waals surface area contributed by atoms with Crippen LogP contribution in [0.15, 0.2) is 30.6 Å². The van der Waals surface area contributed by atoms with Crippen LogP contribution in [0.25, 0.3) is 0 Å². The predicted molar refractivity (Wildman–Crippen MR) is 54.5 cm³/mol. The largest absolute Gasteiger partial charge is 0.288 e. The zero-order valence-electron chi connectivity index (χ0n) is 7.60. The molecule has 0 aliphatic rings. The highest BCUT2D eigenvalue weighted by molar-refractivity contribution is 7.14. The molecular formula is C10H8N2OS. The summed E-state index contributed by atoms with van der Waals surface area (Å²) in [4.78, 5) is 13.7. The lowest BCUT2D eigenvalue weighted by molar-refractivity contribution is 0.104. The fourth-order valence-corrected chi connectivity index (χ4v) is 1.95. The minimum Gasteiger partial charge on any atom is -0.288 e. The number of carbonyl (C=O) groups is 1. The summed E-state index contributed by atoms with van der Waals surface area (Å²) in [5.74, 6) is 0.0120. The number of carbonyl (C=O) groups excluding carboxylic acids is 1. The van der Waals surface area contributed by atoms with Gasteiger partial charge in [-0.15, -0.1) is 11.3 Å². The Morgan fingerprint density at radius 1 is 1.29 bits per heavy atom. The molecule has 0 aliphatic heterocycles. The van der Waals surface area contributed by atoms with Gasteiger partial charge in [0.1, 0.15) is 0 Å². The maximum Gasteiger partial charge on any atom is 0.204 e. The molecule has 0 amide bonds. The van der Waals surface area contributed by atoms with Crippen molar-refractivity contribution in [2.75, 3.05) is 0 Å². The van der Waals surface area contributed by atoms with E-state index in [1.165, 1.54) is 23.7 Å². The third kappa shape index (κ3) is 1.70. The Morgan fingerprint density at radius 2 is 2.14 bits per heavy atom. The minimum atomic E-state index is 0.0120. The molecule has 2 rings (SSSR count). The Labute approximate surface area is 85.4 Å². The first kappa shape index (κ1) is 9.02. The van der Waals surface area contributed by atoms with Crippen LogP contribution in [0.1, 0.15) is 20.1 Å². The summed E-state index contributed by atoms with van der Waals surface area (Å²) in [6.45, 7) is 1.98. The number of thiophene rings is 1. The van der Waals surface area contributed by atoms with Crippen molar-refractivity contribution < 1.29 is 4.79 Å². The Morgan fingerprint density at radius 3 is 2.71 bits per heavy atom. The molecule has 0 unspecified atom stereocenters. The summed E-state index contributed by atoms with van der Waals surface area (Å²) in [7, 11) is 0. The van der Waals surface area contributed by atoms with Gasteiger partial charge in [-0.1, -0.05) is 0 Å². The third-order valence-electron chi connectivity index (χ3n) is 1.81. The topological polar surface area (TPSA) is 42.9 Å². The fourth-order valence-electron chi connectivity index (χ4n) is 1.12.